The summed E-state index contributed by atoms with van der Waals surface area (Å²) in [5.74, 6) is 1.29. The summed E-state index contributed by atoms with van der Waals surface area (Å²) >= 11 is 0. The van der Waals surface area contributed by atoms with Crippen molar-refractivity contribution in [2.24, 2.45) is 5.73 Å². The molecule has 0 saturated carbocycles. The number of nitrogens with zero attached hydrogens (tertiary/aromatic N) is 2. The zero-order valence-electron chi connectivity index (χ0n) is 11.5. The zero-order valence-corrected chi connectivity index (χ0v) is 11.5. The smallest absolute Gasteiger partial charge is 0.233 e. The minimum absolute atomic E-state index is 0.428. The third-order valence-electron chi connectivity index (χ3n) is 2.79. The molecule has 0 spiro atoms. The monoisotopic (exact) mass is 271 g/mol. The molecule has 0 aliphatic carbocycles. The predicted octanol–water partition coefficient (Wildman–Crippen LogP) is 2.38. The highest BCUT2D eigenvalue weighted by Crippen LogP contribution is 2.14. The van der Waals surface area contributed by atoms with Gasteiger partial charge in [0.05, 0.1) is 12.8 Å². The van der Waals surface area contributed by atoms with Gasteiger partial charge in [0.1, 0.15) is 18.1 Å². The summed E-state index contributed by atoms with van der Waals surface area (Å²) in [6.07, 6.45) is 1.78. The van der Waals surface area contributed by atoms with Crippen LogP contribution in [0.3, 0.4) is 0 Å². The summed E-state index contributed by atoms with van der Waals surface area (Å²) in [5.41, 5.74) is 8.01. The highest BCUT2D eigenvalue weighted by atomic mass is 16.5. The molecule has 0 unspecified atom stereocenters. The zero-order chi connectivity index (χ0) is 14.4. The lowest BCUT2D eigenvalue weighted by Crippen LogP contribution is -2.02. The molecule has 2 rings (SSSR count). The maximum absolute atomic E-state index is 5.74. The number of aromatic nitrogens is 2. The van der Waals surface area contributed by atoms with Crippen molar-refractivity contribution in [3.8, 4) is 11.6 Å². The SMILES string of the molecule is C/C=C(\N)c1ccc(OCc2ccc(OC)cc2)nn1. The van der Waals surface area contributed by atoms with E-state index < -0.39 is 0 Å². The fraction of sp³-hybridized carbons (Fsp3) is 0.200. The maximum atomic E-state index is 5.74. The molecule has 5 heteroatoms. The molecule has 5 nitrogen and oxygen atoms in total. The van der Waals surface area contributed by atoms with Gasteiger partial charge in [-0.1, -0.05) is 18.2 Å². The molecule has 0 amide bonds. The first-order valence-corrected chi connectivity index (χ1v) is 6.24. The fourth-order valence-electron chi connectivity index (χ4n) is 1.58. The summed E-state index contributed by atoms with van der Waals surface area (Å²) in [7, 11) is 1.64. The number of rotatable bonds is 5. The van der Waals surface area contributed by atoms with Crippen LogP contribution in [0.4, 0.5) is 0 Å². The maximum Gasteiger partial charge on any atom is 0.233 e. The topological polar surface area (TPSA) is 70.3 Å². The van der Waals surface area contributed by atoms with E-state index in [0.717, 1.165) is 11.3 Å². The molecule has 1 aromatic carbocycles. The molecule has 0 fully saturated rings. The van der Waals surface area contributed by atoms with Crippen molar-refractivity contribution in [2.75, 3.05) is 7.11 Å². The molecule has 20 heavy (non-hydrogen) atoms. The van der Waals surface area contributed by atoms with E-state index in [0.29, 0.717) is 23.9 Å². The molecular weight excluding hydrogens is 254 g/mol. The second kappa shape index (κ2) is 6.56. The number of benzene rings is 1. The van der Waals surface area contributed by atoms with E-state index in [9.17, 15) is 0 Å². The first kappa shape index (κ1) is 13.9. The Morgan fingerprint density at radius 3 is 2.45 bits per heavy atom. The van der Waals surface area contributed by atoms with Gasteiger partial charge in [0.2, 0.25) is 5.88 Å². The molecule has 104 valence electrons. The number of methoxy groups -OCH3 is 1. The third-order valence-corrected chi connectivity index (χ3v) is 2.79. The summed E-state index contributed by atoms with van der Waals surface area (Å²) in [5, 5.41) is 7.98. The normalized spacial score (nSPS) is 11.2. The van der Waals surface area contributed by atoms with Crippen LogP contribution < -0.4 is 15.2 Å². The molecule has 0 bridgehead atoms. The lowest BCUT2D eigenvalue weighted by Gasteiger charge is -2.06. The van der Waals surface area contributed by atoms with Crippen LogP contribution >= 0.6 is 0 Å². The number of hydrogen-bond acceptors (Lipinski definition) is 5. The Morgan fingerprint density at radius 2 is 1.90 bits per heavy atom. The van der Waals surface area contributed by atoms with Crippen LogP contribution in [0.1, 0.15) is 18.2 Å². The molecule has 0 saturated heterocycles. The van der Waals surface area contributed by atoms with Crippen molar-refractivity contribution in [2.45, 2.75) is 13.5 Å². The van der Waals surface area contributed by atoms with Crippen molar-refractivity contribution in [3.63, 3.8) is 0 Å². The fourth-order valence-corrected chi connectivity index (χ4v) is 1.58. The van der Waals surface area contributed by atoms with Crippen LogP contribution in [0, 0.1) is 0 Å². The second-order valence-corrected chi connectivity index (χ2v) is 4.14. The number of ether oxygens (including phenoxy) is 2. The summed E-state index contributed by atoms with van der Waals surface area (Å²) < 4.78 is 10.7. The Bertz CT molecular complexity index is 577. The molecule has 0 aliphatic rings. The minimum Gasteiger partial charge on any atom is -0.497 e. The lowest BCUT2D eigenvalue weighted by atomic mass is 10.2. The van der Waals surface area contributed by atoms with Gasteiger partial charge in [-0.2, -0.15) is 0 Å². The van der Waals surface area contributed by atoms with E-state index in [1.54, 1.807) is 25.3 Å². The molecule has 1 heterocycles. The van der Waals surface area contributed by atoms with E-state index in [1.165, 1.54) is 0 Å². The highest BCUT2D eigenvalue weighted by Gasteiger charge is 2.01. The van der Waals surface area contributed by atoms with Crippen molar-refractivity contribution >= 4 is 5.70 Å². The predicted molar refractivity (Wildman–Crippen MR) is 77.2 cm³/mol. The molecule has 1 aromatic heterocycles. The van der Waals surface area contributed by atoms with Gasteiger partial charge in [0, 0.05) is 6.07 Å². The first-order valence-electron chi connectivity index (χ1n) is 6.24. The summed E-state index contributed by atoms with van der Waals surface area (Å²) in [6, 6.07) is 11.2. The number of hydrogen-bond donors (Lipinski definition) is 1. The Labute approximate surface area is 118 Å². The number of allylic oxidation sites excluding steroid dienone is 1. The summed E-state index contributed by atoms with van der Waals surface area (Å²) in [4.78, 5) is 0. The van der Waals surface area contributed by atoms with Gasteiger partial charge < -0.3 is 15.2 Å². The van der Waals surface area contributed by atoms with Crippen molar-refractivity contribution in [1.82, 2.24) is 10.2 Å². The molecule has 2 N–H and O–H groups in total. The Kier molecular flexibility index (Phi) is 4.55. The van der Waals surface area contributed by atoms with E-state index in [1.807, 2.05) is 31.2 Å². The largest absolute Gasteiger partial charge is 0.497 e. The van der Waals surface area contributed by atoms with Gasteiger partial charge in [-0.15, -0.1) is 10.2 Å². The van der Waals surface area contributed by atoms with E-state index in [4.69, 9.17) is 15.2 Å². The number of nitrogens with two attached hydrogens (primary N) is 1. The molecule has 0 aliphatic heterocycles. The van der Waals surface area contributed by atoms with Crippen molar-refractivity contribution < 1.29 is 9.47 Å². The van der Waals surface area contributed by atoms with Crippen LogP contribution in [-0.2, 0) is 6.61 Å². The van der Waals surface area contributed by atoms with Gasteiger partial charge in [-0.3, -0.25) is 0 Å². The highest BCUT2D eigenvalue weighted by molar-refractivity contribution is 5.58. The first-order chi connectivity index (χ1) is 9.72. The van der Waals surface area contributed by atoms with Crippen LogP contribution in [-0.4, -0.2) is 17.3 Å². The Morgan fingerprint density at radius 1 is 1.15 bits per heavy atom. The molecule has 0 radical (unpaired) electrons. The summed E-state index contributed by atoms with van der Waals surface area (Å²) in [6.45, 7) is 2.28. The van der Waals surface area contributed by atoms with Gasteiger partial charge in [-0.25, -0.2) is 0 Å². The van der Waals surface area contributed by atoms with E-state index >= 15 is 0 Å². The minimum atomic E-state index is 0.428. The quantitative estimate of drug-likeness (QED) is 0.904. The average Bonchev–Trinajstić information content (AvgIpc) is 2.53. The molecule has 0 atom stereocenters. The van der Waals surface area contributed by atoms with Crippen molar-refractivity contribution in [3.05, 3.63) is 53.7 Å². The average molecular weight is 271 g/mol. The lowest BCUT2D eigenvalue weighted by molar-refractivity contribution is 0.290. The van der Waals surface area contributed by atoms with Crippen LogP contribution in [0.25, 0.3) is 5.70 Å². The van der Waals surface area contributed by atoms with Gasteiger partial charge in [0.25, 0.3) is 0 Å². The molecule has 2 aromatic rings. The van der Waals surface area contributed by atoms with Gasteiger partial charge in [-0.05, 0) is 30.7 Å². The molecular formula is C15H17N3O2. The standard InChI is InChI=1S/C15H17N3O2/c1-3-13(16)14-8-9-15(18-17-14)20-10-11-4-6-12(19-2)7-5-11/h3-9H,10,16H2,1-2H3/b13-3-. The second-order valence-electron chi connectivity index (χ2n) is 4.14. The van der Waals surface area contributed by atoms with Gasteiger partial charge in [0.15, 0.2) is 0 Å². The third kappa shape index (κ3) is 3.47. The van der Waals surface area contributed by atoms with Crippen LogP contribution in [0.2, 0.25) is 0 Å². The van der Waals surface area contributed by atoms with Crippen LogP contribution in [0.15, 0.2) is 42.5 Å². The van der Waals surface area contributed by atoms with Crippen molar-refractivity contribution in [1.29, 1.82) is 0 Å². The van der Waals surface area contributed by atoms with Gasteiger partial charge >= 0.3 is 0 Å². The van der Waals surface area contributed by atoms with E-state index in [2.05, 4.69) is 10.2 Å². The Hall–Kier alpha value is -2.56. The van der Waals surface area contributed by atoms with E-state index in [-0.39, 0.29) is 0 Å². The Balaban J connectivity index is 1.96. The van der Waals surface area contributed by atoms with Crippen LogP contribution in [0.5, 0.6) is 11.6 Å².